The maximum atomic E-state index is 13.1. The summed E-state index contributed by atoms with van der Waals surface area (Å²) in [5.74, 6) is -0.378. The molecular formula is C26H49I3N4O4-2. The molecule has 0 aliphatic carbocycles. The normalized spacial score (nSPS) is 12.8. The summed E-state index contributed by atoms with van der Waals surface area (Å²) in [4.78, 5) is 54.2. The summed E-state index contributed by atoms with van der Waals surface area (Å²) in [6, 6.07) is -1.19. The number of ketones is 1. The van der Waals surface area contributed by atoms with E-state index in [-0.39, 0.29) is 66.2 Å². The minimum absolute atomic E-state index is 0.0547. The SMILES string of the molecule is C[I-]CCCCC(=O)NC(CCCCNC(=O)CCCCCI)C(=O)NC(CCCCN[I-]C)C(C)=O. The van der Waals surface area contributed by atoms with Gasteiger partial charge in [0.2, 0.25) is 5.91 Å². The summed E-state index contributed by atoms with van der Waals surface area (Å²) in [5.41, 5.74) is 0. The van der Waals surface area contributed by atoms with Gasteiger partial charge >= 0.3 is 198 Å². The van der Waals surface area contributed by atoms with Gasteiger partial charge in [0, 0.05) is 6.42 Å². The Morgan fingerprint density at radius 2 is 1.38 bits per heavy atom. The second-order valence-electron chi connectivity index (χ2n) is 9.12. The van der Waals surface area contributed by atoms with Gasteiger partial charge in [0.25, 0.3) is 0 Å². The van der Waals surface area contributed by atoms with Crippen molar-refractivity contribution < 1.29 is 61.9 Å². The molecule has 0 aliphatic heterocycles. The van der Waals surface area contributed by atoms with Gasteiger partial charge in [-0.15, -0.1) is 0 Å². The van der Waals surface area contributed by atoms with Gasteiger partial charge < -0.3 is 0 Å². The predicted molar refractivity (Wildman–Crippen MR) is 151 cm³/mol. The van der Waals surface area contributed by atoms with E-state index >= 15 is 0 Å². The Hall–Kier alpha value is 0.230. The van der Waals surface area contributed by atoms with E-state index in [1.54, 1.807) is 0 Å². The summed E-state index contributed by atoms with van der Waals surface area (Å²) in [5, 5.41) is 8.77. The Labute approximate surface area is 259 Å². The molecule has 0 saturated heterocycles. The molecular weight excluding hydrogens is 813 g/mol. The first-order chi connectivity index (χ1) is 17.8. The summed E-state index contributed by atoms with van der Waals surface area (Å²) in [7, 11) is 0. The summed E-state index contributed by atoms with van der Waals surface area (Å²) < 4.78 is 5.70. The van der Waals surface area contributed by atoms with Crippen molar-refractivity contribution in [3.05, 3.63) is 0 Å². The number of halogens is 3. The molecule has 0 radical (unpaired) electrons. The van der Waals surface area contributed by atoms with Crippen molar-refractivity contribution in [2.45, 2.75) is 102 Å². The average Bonchev–Trinajstić information content (AvgIpc) is 2.87. The average molecular weight is 862 g/mol. The first kappa shape index (κ1) is 37.2. The zero-order valence-corrected chi connectivity index (χ0v) is 29.4. The second kappa shape index (κ2) is 26.5. The van der Waals surface area contributed by atoms with Gasteiger partial charge in [-0.2, -0.15) is 0 Å². The molecule has 0 bridgehead atoms. The number of carbonyl (C=O) groups is 4. The van der Waals surface area contributed by atoms with Gasteiger partial charge in [0.1, 0.15) is 0 Å². The molecule has 0 aromatic heterocycles. The van der Waals surface area contributed by atoms with Crippen LogP contribution in [0.4, 0.5) is 0 Å². The van der Waals surface area contributed by atoms with Gasteiger partial charge in [0.05, 0.1) is 0 Å². The third-order valence-electron chi connectivity index (χ3n) is 5.86. The third-order valence-corrected chi connectivity index (χ3v) is 9.77. The standard InChI is InChI=1S/C26H49I3N4O4/c1-21(34)22(13-8-12-20-31-29-3)33-26(37)23(32-25(36)16-6-10-18-28-2)14-7-11-19-30-24(35)15-5-4-9-17-27/h22-23,31H,4-20H2,1-3H3,(H,30,35)(H,32,36)(H,33,37)/q-2. The first-order valence-corrected chi connectivity index (χ1v) is 21.9. The molecule has 0 spiro atoms. The number of hydrogen-bond donors (Lipinski definition) is 4. The summed E-state index contributed by atoms with van der Waals surface area (Å²) in [6.07, 6.45) is 10.3. The predicted octanol–water partition coefficient (Wildman–Crippen LogP) is -2.89. The fourth-order valence-corrected chi connectivity index (χ4v) is 6.44. The van der Waals surface area contributed by atoms with Crippen LogP contribution in [0.2, 0.25) is 0 Å². The molecule has 0 aromatic rings. The molecule has 4 N–H and O–H groups in total. The van der Waals surface area contributed by atoms with E-state index < -0.39 is 12.1 Å². The van der Waals surface area contributed by atoms with Crippen LogP contribution in [-0.4, -0.2) is 67.4 Å². The Morgan fingerprint density at radius 1 is 0.730 bits per heavy atom. The number of carbonyl (C=O) groups excluding carboxylic acids is 4. The number of rotatable bonds is 25. The number of alkyl halides is 4. The van der Waals surface area contributed by atoms with Crippen LogP contribution in [0.3, 0.4) is 0 Å². The molecule has 0 aliphatic rings. The van der Waals surface area contributed by atoms with Crippen LogP contribution in [0, 0.1) is 0 Å². The van der Waals surface area contributed by atoms with E-state index in [2.05, 4.69) is 51.9 Å². The van der Waals surface area contributed by atoms with Gasteiger partial charge in [-0.25, -0.2) is 0 Å². The van der Waals surface area contributed by atoms with Crippen LogP contribution in [0.5, 0.6) is 0 Å². The molecule has 8 nitrogen and oxygen atoms in total. The molecule has 2 unspecified atom stereocenters. The van der Waals surface area contributed by atoms with Crippen molar-refractivity contribution in [2.24, 2.45) is 0 Å². The van der Waals surface area contributed by atoms with E-state index in [4.69, 9.17) is 0 Å². The fourth-order valence-electron chi connectivity index (χ4n) is 3.68. The molecule has 37 heavy (non-hydrogen) atoms. The molecule has 0 aromatic carbocycles. The number of amides is 3. The Kier molecular flexibility index (Phi) is 26.6. The first-order valence-electron chi connectivity index (χ1n) is 13.4. The van der Waals surface area contributed by atoms with Crippen molar-refractivity contribution in [3.8, 4) is 0 Å². The monoisotopic (exact) mass is 862 g/mol. The molecule has 3 amide bonds. The van der Waals surface area contributed by atoms with Gasteiger partial charge in [0.15, 0.2) is 0 Å². The Morgan fingerprint density at radius 3 is 2.03 bits per heavy atom. The number of Topliss-reactive ketones (excluding diaryl/α,β-unsaturated/α-hetero) is 1. The molecule has 0 rings (SSSR count). The number of hydrogen-bond acceptors (Lipinski definition) is 5. The summed E-state index contributed by atoms with van der Waals surface area (Å²) in [6.45, 7) is 3.02. The minimum atomic E-state index is -0.663. The zero-order valence-electron chi connectivity index (χ0n) is 22.9. The van der Waals surface area contributed by atoms with Crippen molar-refractivity contribution in [2.75, 3.05) is 31.8 Å². The molecule has 220 valence electrons. The molecule has 11 heteroatoms. The van der Waals surface area contributed by atoms with Gasteiger partial charge in [-0.1, -0.05) is 29.0 Å². The van der Waals surface area contributed by atoms with E-state index in [0.29, 0.717) is 38.6 Å². The van der Waals surface area contributed by atoms with Crippen molar-refractivity contribution in [1.82, 2.24) is 19.5 Å². The quantitative estimate of drug-likeness (QED) is 0.0341. The van der Waals surface area contributed by atoms with Crippen LogP contribution < -0.4 is 62.2 Å². The number of unbranched alkanes of at least 4 members (excludes halogenated alkanes) is 5. The third kappa shape index (κ3) is 22.7. The van der Waals surface area contributed by atoms with Crippen molar-refractivity contribution in [3.63, 3.8) is 0 Å². The fraction of sp³-hybridized carbons (Fsp3) is 0.846. The van der Waals surface area contributed by atoms with Gasteiger partial charge in [-0.3, -0.25) is 4.79 Å². The van der Waals surface area contributed by atoms with Crippen molar-refractivity contribution in [1.29, 1.82) is 0 Å². The second-order valence-corrected chi connectivity index (χ2v) is 14.6. The van der Waals surface area contributed by atoms with Crippen LogP contribution in [0.1, 0.15) is 90.4 Å². The molecule has 0 heterocycles. The zero-order chi connectivity index (χ0) is 27.7. The molecule has 2 atom stereocenters. The van der Waals surface area contributed by atoms with E-state index in [0.717, 1.165) is 62.3 Å². The van der Waals surface area contributed by atoms with Crippen LogP contribution in [0.15, 0.2) is 0 Å². The Bertz CT molecular complexity index is 641. The summed E-state index contributed by atoms with van der Waals surface area (Å²) >= 11 is 2.64. The van der Waals surface area contributed by atoms with Crippen LogP contribution in [-0.2, 0) is 19.2 Å². The topological polar surface area (TPSA) is 116 Å². The maximum absolute atomic E-state index is 13.1. The van der Waals surface area contributed by atoms with E-state index in [1.807, 2.05) is 0 Å². The van der Waals surface area contributed by atoms with Crippen molar-refractivity contribution >= 4 is 46.1 Å². The molecule has 0 fully saturated rings. The Balaban J connectivity index is 4.74. The van der Waals surface area contributed by atoms with Crippen LogP contribution >= 0.6 is 22.6 Å². The van der Waals surface area contributed by atoms with Gasteiger partial charge in [-0.05, 0) is 17.3 Å². The number of nitrogens with one attached hydrogen (secondary N) is 4. The molecule has 0 saturated carbocycles. The van der Waals surface area contributed by atoms with Crippen LogP contribution in [0.25, 0.3) is 0 Å². The van der Waals surface area contributed by atoms with E-state index in [1.165, 1.54) is 11.4 Å². The van der Waals surface area contributed by atoms with E-state index in [9.17, 15) is 19.2 Å².